The first-order valence-electron chi connectivity index (χ1n) is 13.1. The zero-order chi connectivity index (χ0) is 28.2. The summed E-state index contributed by atoms with van der Waals surface area (Å²) in [4.78, 5) is 31.5. The van der Waals surface area contributed by atoms with Crippen LogP contribution in [-0.2, 0) is 4.74 Å². The first-order valence-corrected chi connectivity index (χ1v) is 13.1. The van der Waals surface area contributed by atoms with Gasteiger partial charge in [0.15, 0.2) is 11.5 Å². The number of benzene rings is 2. The van der Waals surface area contributed by atoms with Gasteiger partial charge in [0.1, 0.15) is 11.6 Å². The second-order valence-corrected chi connectivity index (χ2v) is 9.99. The number of likely N-dealkylation sites (N-methyl/N-ethyl adjacent to an activating group) is 1. The van der Waals surface area contributed by atoms with Crippen LogP contribution < -0.4 is 20.5 Å². The van der Waals surface area contributed by atoms with E-state index in [1.54, 1.807) is 37.6 Å². The van der Waals surface area contributed by atoms with Crippen molar-refractivity contribution in [3.8, 4) is 17.2 Å². The quantitative estimate of drug-likeness (QED) is 0.277. The lowest BCUT2D eigenvalue weighted by Crippen LogP contribution is -2.41. The summed E-state index contributed by atoms with van der Waals surface area (Å²) < 4.78 is 18.8. The molecule has 0 bridgehead atoms. The molecular weight excluding hydrogens is 510 g/mol. The third-order valence-corrected chi connectivity index (χ3v) is 6.93. The molecule has 1 fully saturated rings. The molecule has 0 atom stereocenters. The van der Waals surface area contributed by atoms with Crippen LogP contribution in [-0.4, -0.2) is 66.9 Å². The van der Waals surface area contributed by atoms with E-state index in [0.29, 0.717) is 65.4 Å². The molecule has 0 aliphatic carbocycles. The number of fused-ring (bicyclic) bond motifs is 1. The number of methoxy groups -OCH3 is 1. The first-order chi connectivity index (χ1) is 19.3. The molecule has 10 nitrogen and oxygen atoms in total. The molecule has 1 aliphatic rings. The molecule has 5 rings (SSSR count). The zero-order valence-electron chi connectivity index (χ0n) is 22.8. The lowest BCUT2D eigenvalue weighted by molar-refractivity contribution is 0.102. The van der Waals surface area contributed by atoms with Crippen molar-refractivity contribution in [3.05, 3.63) is 77.6 Å². The molecule has 2 aromatic carbocycles. The Balaban J connectivity index is 1.34. The summed E-state index contributed by atoms with van der Waals surface area (Å²) in [7, 11) is 3.73. The number of pyridine rings is 1. The van der Waals surface area contributed by atoms with Crippen LogP contribution in [0.4, 0.5) is 10.6 Å². The molecule has 1 saturated heterocycles. The summed E-state index contributed by atoms with van der Waals surface area (Å²) >= 11 is 0. The number of rotatable bonds is 10. The number of carbonyl (C=O) groups excluding carboxylic acids is 2. The molecule has 208 valence electrons. The number of nitrogens with two attached hydrogens (primary N) is 1. The minimum absolute atomic E-state index is 0.256. The van der Waals surface area contributed by atoms with Gasteiger partial charge in [-0.1, -0.05) is 12.1 Å². The van der Waals surface area contributed by atoms with E-state index in [1.165, 1.54) is 10.1 Å². The standard InChI is InChI=1S/C30H33N5O5/c1-19-13-22-14-27(26(39-12-4-11-38-3)16-25(22)35(19)30(31)37)40-24-9-10-32-28(15-24)33-29(36)21-7-5-20(6-8-21)23-17-34(2)18-23/h5-10,13-16,23H,4,11-12,17-18H2,1-3H3,(H2,31,37)(H,32,33,36). The molecule has 2 amide bonds. The van der Waals surface area contributed by atoms with Gasteiger partial charge in [0.25, 0.3) is 5.91 Å². The average Bonchev–Trinajstić information content (AvgIpc) is 3.24. The Morgan fingerprint density at radius 2 is 1.82 bits per heavy atom. The van der Waals surface area contributed by atoms with Gasteiger partial charge in [-0.2, -0.15) is 0 Å². The molecule has 0 spiro atoms. The van der Waals surface area contributed by atoms with E-state index in [9.17, 15) is 9.59 Å². The van der Waals surface area contributed by atoms with E-state index in [1.807, 2.05) is 37.3 Å². The summed E-state index contributed by atoms with van der Waals surface area (Å²) in [6.07, 6.45) is 2.24. The van der Waals surface area contributed by atoms with Gasteiger partial charge < -0.3 is 30.2 Å². The van der Waals surface area contributed by atoms with Crippen molar-refractivity contribution in [1.82, 2.24) is 14.5 Å². The third-order valence-electron chi connectivity index (χ3n) is 6.93. The molecule has 0 saturated carbocycles. The Morgan fingerprint density at radius 1 is 1.05 bits per heavy atom. The number of nitrogens with zero attached hydrogens (tertiary/aromatic N) is 3. The largest absolute Gasteiger partial charge is 0.490 e. The van der Waals surface area contributed by atoms with Crippen LogP contribution in [0.5, 0.6) is 17.2 Å². The number of aryl methyl sites for hydroxylation is 1. The van der Waals surface area contributed by atoms with Gasteiger partial charge in [-0.05, 0) is 49.9 Å². The van der Waals surface area contributed by atoms with E-state index >= 15 is 0 Å². The maximum absolute atomic E-state index is 12.9. The van der Waals surface area contributed by atoms with Crippen LogP contribution in [0.3, 0.4) is 0 Å². The summed E-state index contributed by atoms with van der Waals surface area (Å²) in [5, 5.41) is 3.62. The number of nitrogens with one attached hydrogen (secondary N) is 1. The first kappa shape index (κ1) is 27.2. The van der Waals surface area contributed by atoms with Crippen LogP contribution >= 0.6 is 0 Å². The summed E-state index contributed by atoms with van der Waals surface area (Å²) in [6.45, 7) is 4.81. The second-order valence-electron chi connectivity index (χ2n) is 9.99. The Bertz CT molecular complexity index is 1530. The number of likely N-dealkylation sites (tertiary alicyclic amines) is 1. The molecule has 0 unspecified atom stereocenters. The fourth-order valence-electron chi connectivity index (χ4n) is 4.90. The number of ether oxygens (including phenoxy) is 3. The summed E-state index contributed by atoms with van der Waals surface area (Å²) in [6, 6.07) is 15.9. The molecule has 3 heterocycles. The van der Waals surface area contributed by atoms with Crippen LogP contribution in [0.1, 0.15) is 34.0 Å². The number of hydrogen-bond acceptors (Lipinski definition) is 7. The van der Waals surface area contributed by atoms with Crippen molar-refractivity contribution in [2.45, 2.75) is 19.3 Å². The monoisotopic (exact) mass is 543 g/mol. The predicted molar refractivity (Wildman–Crippen MR) is 153 cm³/mol. The van der Waals surface area contributed by atoms with Crippen molar-refractivity contribution < 1.29 is 23.8 Å². The van der Waals surface area contributed by atoms with E-state index in [-0.39, 0.29) is 5.91 Å². The fraction of sp³-hybridized carbons (Fsp3) is 0.300. The Morgan fingerprint density at radius 3 is 2.52 bits per heavy atom. The highest BCUT2D eigenvalue weighted by atomic mass is 16.5. The number of aromatic nitrogens is 2. The minimum atomic E-state index is -0.577. The van der Waals surface area contributed by atoms with Gasteiger partial charge in [-0.15, -0.1) is 0 Å². The van der Waals surface area contributed by atoms with Crippen LogP contribution in [0, 0.1) is 6.92 Å². The molecule has 40 heavy (non-hydrogen) atoms. The minimum Gasteiger partial charge on any atom is -0.490 e. The van der Waals surface area contributed by atoms with E-state index in [4.69, 9.17) is 19.9 Å². The van der Waals surface area contributed by atoms with E-state index < -0.39 is 6.03 Å². The van der Waals surface area contributed by atoms with Gasteiger partial charge >= 0.3 is 6.03 Å². The lowest BCUT2D eigenvalue weighted by Gasteiger charge is -2.36. The van der Waals surface area contributed by atoms with Gasteiger partial charge in [0, 0.05) is 74.1 Å². The summed E-state index contributed by atoms with van der Waals surface area (Å²) in [5.41, 5.74) is 8.71. The summed E-state index contributed by atoms with van der Waals surface area (Å²) in [5.74, 6) is 1.97. The zero-order valence-corrected chi connectivity index (χ0v) is 22.8. The van der Waals surface area contributed by atoms with Gasteiger partial charge in [0.2, 0.25) is 0 Å². The van der Waals surface area contributed by atoms with Crippen molar-refractivity contribution in [2.24, 2.45) is 5.73 Å². The topological polar surface area (TPSA) is 121 Å². The fourth-order valence-corrected chi connectivity index (χ4v) is 4.90. The van der Waals surface area contributed by atoms with Gasteiger partial charge in [-0.3, -0.25) is 9.36 Å². The molecule has 3 N–H and O–H groups in total. The Kier molecular flexibility index (Phi) is 7.99. The normalized spacial score (nSPS) is 13.7. The number of carbonyl (C=O) groups is 2. The number of hydrogen-bond donors (Lipinski definition) is 2. The molecule has 2 aromatic heterocycles. The van der Waals surface area contributed by atoms with E-state index in [2.05, 4.69) is 22.2 Å². The smallest absolute Gasteiger partial charge is 0.323 e. The second kappa shape index (κ2) is 11.8. The number of primary amides is 1. The van der Waals surface area contributed by atoms with Crippen LogP contribution in [0.2, 0.25) is 0 Å². The van der Waals surface area contributed by atoms with Crippen LogP contribution in [0.15, 0.2) is 60.8 Å². The van der Waals surface area contributed by atoms with Crippen molar-refractivity contribution in [3.63, 3.8) is 0 Å². The Hall–Kier alpha value is -4.41. The Labute approximate surface area is 232 Å². The molecular formula is C30H33N5O5. The van der Waals surface area contributed by atoms with Crippen molar-refractivity contribution >= 4 is 28.7 Å². The molecule has 1 aliphatic heterocycles. The highest BCUT2D eigenvalue weighted by Gasteiger charge is 2.24. The predicted octanol–water partition coefficient (Wildman–Crippen LogP) is 4.76. The van der Waals surface area contributed by atoms with Gasteiger partial charge in [0.05, 0.1) is 12.1 Å². The molecule has 4 aromatic rings. The van der Waals surface area contributed by atoms with Crippen molar-refractivity contribution in [2.75, 3.05) is 45.8 Å². The van der Waals surface area contributed by atoms with Crippen molar-refractivity contribution in [1.29, 1.82) is 0 Å². The third kappa shape index (κ3) is 5.93. The maximum atomic E-state index is 12.9. The highest BCUT2D eigenvalue weighted by Crippen LogP contribution is 2.37. The SMILES string of the molecule is COCCCOc1cc2c(cc1Oc1ccnc(NC(=O)c3ccc(C4CN(C)C4)cc3)c1)cc(C)n2C(N)=O. The number of anilines is 1. The number of amides is 2. The maximum Gasteiger partial charge on any atom is 0.323 e. The molecule has 0 radical (unpaired) electrons. The average molecular weight is 544 g/mol. The van der Waals surface area contributed by atoms with Gasteiger partial charge in [-0.25, -0.2) is 9.78 Å². The molecule has 10 heteroatoms. The van der Waals surface area contributed by atoms with Crippen LogP contribution in [0.25, 0.3) is 10.9 Å². The lowest BCUT2D eigenvalue weighted by atomic mass is 9.91. The highest BCUT2D eigenvalue weighted by molar-refractivity contribution is 6.03. The van der Waals surface area contributed by atoms with E-state index in [0.717, 1.165) is 18.5 Å².